The van der Waals surface area contributed by atoms with Crippen molar-refractivity contribution in [2.24, 2.45) is 5.92 Å². The molecule has 3 heterocycles. The van der Waals surface area contributed by atoms with Crippen molar-refractivity contribution in [2.75, 3.05) is 13.1 Å². The van der Waals surface area contributed by atoms with Gasteiger partial charge in [-0.05, 0) is 44.6 Å². The first kappa shape index (κ1) is 15.7. The Balaban J connectivity index is 1.44. The van der Waals surface area contributed by atoms with Gasteiger partial charge in [-0.2, -0.15) is 5.10 Å². The summed E-state index contributed by atoms with van der Waals surface area (Å²) in [5, 5.41) is 4.37. The maximum atomic E-state index is 13.1. The lowest BCUT2D eigenvalue weighted by atomic mass is 9.98. The quantitative estimate of drug-likeness (QED) is 0.842. The van der Waals surface area contributed by atoms with Crippen LogP contribution in [0.2, 0.25) is 0 Å². The molecule has 2 aliphatic heterocycles. The van der Waals surface area contributed by atoms with Crippen LogP contribution in [0.25, 0.3) is 0 Å². The molecule has 1 aromatic heterocycles. The number of rotatable bonds is 4. The molecule has 6 heteroatoms. The van der Waals surface area contributed by atoms with Gasteiger partial charge in [0.2, 0.25) is 11.8 Å². The van der Waals surface area contributed by atoms with Crippen molar-refractivity contribution < 1.29 is 9.59 Å². The number of aromatic nitrogens is 2. The Kier molecular flexibility index (Phi) is 4.06. The van der Waals surface area contributed by atoms with Gasteiger partial charge >= 0.3 is 0 Å². The highest BCUT2D eigenvalue weighted by atomic mass is 16.2. The van der Waals surface area contributed by atoms with E-state index in [4.69, 9.17) is 0 Å². The van der Waals surface area contributed by atoms with Crippen molar-refractivity contribution in [2.45, 2.75) is 64.1 Å². The minimum absolute atomic E-state index is 0.141. The van der Waals surface area contributed by atoms with Crippen molar-refractivity contribution >= 4 is 11.8 Å². The normalized spacial score (nSPS) is 27.8. The number of amides is 2. The van der Waals surface area contributed by atoms with Gasteiger partial charge in [0.05, 0.1) is 24.7 Å². The Hall–Kier alpha value is -1.85. The smallest absolute Gasteiger partial charge is 0.228 e. The zero-order valence-corrected chi connectivity index (χ0v) is 14.4. The molecule has 0 unspecified atom stereocenters. The van der Waals surface area contributed by atoms with Crippen molar-refractivity contribution in [1.82, 2.24) is 19.6 Å². The van der Waals surface area contributed by atoms with Crippen LogP contribution in [-0.2, 0) is 16.1 Å². The van der Waals surface area contributed by atoms with Crippen LogP contribution in [0.5, 0.6) is 0 Å². The first-order valence-corrected chi connectivity index (χ1v) is 9.21. The van der Waals surface area contributed by atoms with E-state index in [9.17, 15) is 9.59 Å². The molecule has 130 valence electrons. The fourth-order valence-electron chi connectivity index (χ4n) is 4.13. The molecule has 0 aromatic carbocycles. The highest BCUT2D eigenvalue weighted by Gasteiger charge is 2.43. The Morgan fingerprint density at radius 2 is 2.12 bits per heavy atom. The van der Waals surface area contributed by atoms with E-state index >= 15 is 0 Å². The maximum Gasteiger partial charge on any atom is 0.228 e. The molecule has 0 N–H and O–H groups in total. The van der Waals surface area contributed by atoms with Gasteiger partial charge in [0, 0.05) is 31.7 Å². The van der Waals surface area contributed by atoms with Crippen molar-refractivity contribution in [3.63, 3.8) is 0 Å². The second-order valence-electron chi connectivity index (χ2n) is 7.60. The molecular formula is C18H26N4O2. The van der Waals surface area contributed by atoms with Gasteiger partial charge in [0.25, 0.3) is 0 Å². The lowest BCUT2D eigenvalue weighted by Gasteiger charge is -2.37. The molecule has 6 nitrogen and oxygen atoms in total. The standard InChI is InChI=1S/C18H26N4O2/c1-13-9-19-20(10-13)12-16-4-2-3-7-21(16)18(24)14-8-17(23)22(11-14)15-5-6-15/h9-10,14-16H,2-8,11-12H2,1H3/t14-,16-/m0/s1. The zero-order valence-electron chi connectivity index (χ0n) is 14.4. The number of piperidine rings is 1. The molecule has 0 radical (unpaired) electrons. The van der Waals surface area contributed by atoms with E-state index in [1.165, 1.54) is 0 Å². The summed E-state index contributed by atoms with van der Waals surface area (Å²) >= 11 is 0. The Morgan fingerprint density at radius 1 is 1.29 bits per heavy atom. The summed E-state index contributed by atoms with van der Waals surface area (Å²) in [5.74, 6) is 0.213. The fraction of sp³-hybridized carbons (Fsp3) is 0.722. The number of likely N-dealkylation sites (tertiary alicyclic amines) is 2. The molecule has 3 fully saturated rings. The summed E-state index contributed by atoms with van der Waals surface area (Å²) in [6, 6.07) is 0.620. The van der Waals surface area contributed by atoms with Crippen LogP contribution in [0.1, 0.15) is 44.1 Å². The van der Waals surface area contributed by atoms with Gasteiger partial charge in [-0.3, -0.25) is 14.3 Å². The Morgan fingerprint density at radius 3 is 2.83 bits per heavy atom. The van der Waals surface area contributed by atoms with Crippen LogP contribution in [0, 0.1) is 12.8 Å². The molecule has 2 amide bonds. The number of nitrogens with zero attached hydrogens (tertiary/aromatic N) is 4. The van der Waals surface area contributed by atoms with E-state index in [0.29, 0.717) is 19.0 Å². The second kappa shape index (κ2) is 6.22. The summed E-state index contributed by atoms with van der Waals surface area (Å²) in [6.07, 6.45) is 9.76. The number of carbonyl (C=O) groups excluding carboxylic acids is 2. The summed E-state index contributed by atoms with van der Waals surface area (Å²) in [4.78, 5) is 29.2. The lowest BCUT2D eigenvalue weighted by Crippen LogP contribution is -2.48. The molecule has 1 aliphatic carbocycles. The van der Waals surface area contributed by atoms with E-state index in [-0.39, 0.29) is 23.8 Å². The minimum atomic E-state index is -0.141. The molecule has 2 atom stereocenters. The number of hydrogen-bond acceptors (Lipinski definition) is 3. The fourth-order valence-corrected chi connectivity index (χ4v) is 4.13. The van der Waals surface area contributed by atoms with Crippen molar-refractivity contribution in [1.29, 1.82) is 0 Å². The van der Waals surface area contributed by atoms with Crippen LogP contribution in [0.4, 0.5) is 0 Å². The zero-order chi connectivity index (χ0) is 16.7. The van der Waals surface area contributed by atoms with Gasteiger partial charge in [0.1, 0.15) is 0 Å². The van der Waals surface area contributed by atoms with Crippen LogP contribution >= 0.6 is 0 Å². The molecule has 1 saturated carbocycles. The van der Waals surface area contributed by atoms with E-state index in [1.54, 1.807) is 0 Å². The van der Waals surface area contributed by atoms with E-state index < -0.39 is 0 Å². The van der Waals surface area contributed by atoms with Gasteiger partial charge in [-0.15, -0.1) is 0 Å². The van der Waals surface area contributed by atoms with Crippen molar-refractivity contribution in [3.8, 4) is 0 Å². The van der Waals surface area contributed by atoms with E-state index in [0.717, 1.165) is 50.8 Å². The van der Waals surface area contributed by atoms with Gasteiger partial charge < -0.3 is 9.80 Å². The average Bonchev–Trinajstić information content (AvgIpc) is 3.23. The highest BCUT2D eigenvalue weighted by molar-refractivity contribution is 5.89. The SMILES string of the molecule is Cc1cnn(C[C@@H]2CCCCN2C(=O)[C@H]2CC(=O)N(C3CC3)C2)c1. The van der Waals surface area contributed by atoms with Crippen molar-refractivity contribution in [3.05, 3.63) is 18.0 Å². The third-order valence-corrected chi connectivity index (χ3v) is 5.57. The van der Waals surface area contributed by atoms with Gasteiger partial charge in [-0.25, -0.2) is 0 Å². The average molecular weight is 330 g/mol. The predicted octanol–water partition coefficient (Wildman–Crippen LogP) is 1.58. The van der Waals surface area contributed by atoms with Crippen LogP contribution < -0.4 is 0 Å². The number of aryl methyl sites for hydroxylation is 1. The van der Waals surface area contributed by atoms with E-state index in [2.05, 4.69) is 5.10 Å². The first-order chi connectivity index (χ1) is 11.6. The molecule has 4 rings (SSSR count). The third kappa shape index (κ3) is 3.06. The number of carbonyl (C=O) groups is 2. The molecule has 0 spiro atoms. The minimum Gasteiger partial charge on any atom is -0.339 e. The lowest BCUT2D eigenvalue weighted by molar-refractivity contribution is -0.139. The first-order valence-electron chi connectivity index (χ1n) is 9.21. The van der Waals surface area contributed by atoms with E-state index in [1.807, 2.05) is 33.8 Å². The van der Waals surface area contributed by atoms with Crippen LogP contribution in [0.3, 0.4) is 0 Å². The summed E-state index contributed by atoms with van der Waals surface area (Å²) < 4.78 is 1.95. The largest absolute Gasteiger partial charge is 0.339 e. The molecule has 2 saturated heterocycles. The molecule has 3 aliphatic rings. The molecule has 0 bridgehead atoms. The summed E-state index contributed by atoms with van der Waals surface area (Å²) in [5.41, 5.74) is 1.14. The number of hydrogen-bond donors (Lipinski definition) is 0. The highest BCUT2D eigenvalue weighted by Crippen LogP contribution is 2.34. The molecular weight excluding hydrogens is 304 g/mol. The molecule has 24 heavy (non-hydrogen) atoms. The topological polar surface area (TPSA) is 58.4 Å². The predicted molar refractivity (Wildman–Crippen MR) is 89.2 cm³/mol. The summed E-state index contributed by atoms with van der Waals surface area (Å²) in [7, 11) is 0. The second-order valence-corrected chi connectivity index (χ2v) is 7.60. The summed E-state index contributed by atoms with van der Waals surface area (Å²) in [6.45, 7) is 4.24. The third-order valence-electron chi connectivity index (χ3n) is 5.57. The maximum absolute atomic E-state index is 13.1. The monoisotopic (exact) mass is 330 g/mol. The van der Waals surface area contributed by atoms with Gasteiger partial charge in [-0.1, -0.05) is 0 Å². The molecule has 1 aromatic rings. The van der Waals surface area contributed by atoms with Gasteiger partial charge in [0.15, 0.2) is 0 Å². The van der Waals surface area contributed by atoms with Crippen LogP contribution in [0.15, 0.2) is 12.4 Å². The van der Waals surface area contributed by atoms with Crippen LogP contribution in [-0.4, -0.2) is 56.6 Å². The Bertz CT molecular complexity index is 637. The Labute approximate surface area is 142 Å².